The zero-order valence-corrected chi connectivity index (χ0v) is 24.5. The second kappa shape index (κ2) is 20.5. The number of terminal acetylenes is 1. The topological polar surface area (TPSA) is 134 Å². The number of nitrogens with one attached hydrogen (secondary N) is 1. The Kier molecular flexibility index (Phi) is 16.6. The molecule has 43 heavy (non-hydrogen) atoms. The molecule has 2 atom stereocenters. The fourth-order valence-corrected chi connectivity index (χ4v) is 3.98. The van der Waals surface area contributed by atoms with Crippen molar-refractivity contribution in [2.75, 3.05) is 26.4 Å². The molecule has 10 nitrogen and oxygen atoms in total. The van der Waals surface area contributed by atoms with Crippen LogP contribution in [-0.2, 0) is 56.1 Å². The Balaban J connectivity index is 2.00. The molecule has 10 heteroatoms. The van der Waals surface area contributed by atoms with Crippen LogP contribution in [0.5, 0.6) is 0 Å². The molecule has 0 radical (unpaired) electrons. The van der Waals surface area contributed by atoms with E-state index in [1.807, 2.05) is 12.1 Å². The maximum absolute atomic E-state index is 13.2. The second-order valence-electron chi connectivity index (χ2n) is 9.80. The van der Waals surface area contributed by atoms with Crippen molar-refractivity contribution in [1.29, 1.82) is 0 Å². The van der Waals surface area contributed by atoms with Crippen molar-refractivity contribution in [3.05, 3.63) is 71.8 Å². The van der Waals surface area contributed by atoms with Gasteiger partial charge in [0.2, 0.25) is 5.91 Å². The van der Waals surface area contributed by atoms with E-state index in [-0.39, 0.29) is 51.5 Å². The smallest absolute Gasteiger partial charge is 0.308 e. The summed E-state index contributed by atoms with van der Waals surface area (Å²) in [4.78, 5) is 63.4. The third-order valence-electron chi connectivity index (χ3n) is 6.15. The van der Waals surface area contributed by atoms with Gasteiger partial charge in [0.1, 0.15) is 25.6 Å². The monoisotopic (exact) mass is 593 g/mol. The number of hydrogen-bond donors (Lipinski definition) is 1. The van der Waals surface area contributed by atoms with E-state index >= 15 is 0 Å². The highest BCUT2D eigenvalue weighted by Gasteiger charge is 2.30. The molecule has 0 fully saturated rings. The molecule has 0 saturated carbocycles. The van der Waals surface area contributed by atoms with Crippen molar-refractivity contribution in [3.8, 4) is 12.3 Å². The zero-order chi connectivity index (χ0) is 31.3. The number of Topliss-reactive ketones (excluding diaryl/α,β-unsaturated/α-hetero) is 2. The minimum atomic E-state index is -1.22. The third-order valence-corrected chi connectivity index (χ3v) is 6.15. The first-order valence-corrected chi connectivity index (χ1v) is 14.1. The lowest BCUT2D eigenvalue weighted by atomic mass is 9.96. The summed E-state index contributed by atoms with van der Waals surface area (Å²) in [6, 6.07) is 16.8. The Morgan fingerprint density at radius 3 is 1.88 bits per heavy atom. The Labute approximate surface area is 252 Å². The average Bonchev–Trinajstić information content (AvgIpc) is 3.00. The summed E-state index contributed by atoms with van der Waals surface area (Å²) >= 11 is 0. The molecule has 0 saturated heterocycles. The largest absolute Gasteiger partial charge is 0.461 e. The first kappa shape index (κ1) is 34.9. The van der Waals surface area contributed by atoms with Gasteiger partial charge in [-0.2, -0.15) is 0 Å². The summed E-state index contributed by atoms with van der Waals surface area (Å²) < 4.78 is 21.2. The Morgan fingerprint density at radius 1 is 0.767 bits per heavy atom. The van der Waals surface area contributed by atoms with E-state index in [0.717, 1.165) is 11.1 Å². The molecule has 2 aromatic rings. The number of carbonyl (C=O) groups is 5. The van der Waals surface area contributed by atoms with Gasteiger partial charge in [-0.05, 0) is 24.5 Å². The van der Waals surface area contributed by atoms with Gasteiger partial charge in [0.15, 0.2) is 5.78 Å². The van der Waals surface area contributed by atoms with Gasteiger partial charge in [-0.15, -0.1) is 6.42 Å². The fraction of sp³-hybridized carbons (Fsp3) is 0.424. The molecule has 1 amide bonds. The molecule has 0 heterocycles. The van der Waals surface area contributed by atoms with E-state index in [9.17, 15) is 24.0 Å². The maximum atomic E-state index is 13.2. The summed E-state index contributed by atoms with van der Waals surface area (Å²) in [7, 11) is 0. The Morgan fingerprint density at radius 2 is 1.33 bits per heavy atom. The second-order valence-corrected chi connectivity index (χ2v) is 9.80. The predicted molar refractivity (Wildman–Crippen MR) is 157 cm³/mol. The number of esters is 2. The van der Waals surface area contributed by atoms with Crippen LogP contribution in [0, 0.1) is 18.3 Å². The number of ether oxygens (including phenoxy) is 4. The number of carbonyl (C=O) groups excluding carboxylic acids is 5. The minimum absolute atomic E-state index is 0.00430. The van der Waals surface area contributed by atoms with Crippen LogP contribution in [0.15, 0.2) is 60.7 Å². The van der Waals surface area contributed by atoms with Crippen LogP contribution >= 0.6 is 0 Å². The lowest BCUT2D eigenvalue weighted by molar-refractivity contribution is -0.150. The summed E-state index contributed by atoms with van der Waals surface area (Å²) in [5.74, 6) is -1.52. The van der Waals surface area contributed by atoms with Gasteiger partial charge in [-0.3, -0.25) is 19.2 Å². The molecule has 230 valence electrons. The molecule has 0 aliphatic carbocycles. The Bertz CT molecular complexity index is 1210. The van der Waals surface area contributed by atoms with Gasteiger partial charge in [-0.25, -0.2) is 0 Å². The first-order valence-electron chi connectivity index (χ1n) is 14.1. The standard InChI is InChI=1S/C33H39NO9/c1-3-16-40-18-19-41-17-10-15-30(36)29(22-32(38)43-24-27-13-8-5-9-14-27)34-33(39)28(20-25(2)35)21-31(37)42-23-26-11-6-4-7-12-26/h1,4-9,11-14,28-29H,10,15-24H2,2H3,(H,34,39)/t28-,29+/m0/s1. The van der Waals surface area contributed by atoms with Gasteiger partial charge in [0.05, 0.1) is 38.0 Å². The lowest BCUT2D eigenvalue weighted by Gasteiger charge is -2.21. The van der Waals surface area contributed by atoms with Crippen molar-refractivity contribution in [1.82, 2.24) is 5.32 Å². The number of amides is 1. The summed E-state index contributed by atoms with van der Waals surface area (Å²) in [6.07, 6.45) is 4.45. The van der Waals surface area contributed by atoms with Gasteiger partial charge < -0.3 is 29.1 Å². The minimum Gasteiger partial charge on any atom is -0.461 e. The van der Waals surface area contributed by atoms with Gasteiger partial charge in [-0.1, -0.05) is 66.6 Å². The first-order chi connectivity index (χ1) is 20.8. The summed E-state index contributed by atoms with van der Waals surface area (Å²) in [5.41, 5.74) is 1.54. The van der Waals surface area contributed by atoms with E-state index < -0.39 is 42.0 Å². The van der Waals surface area contributed by atoms with E-state index in [0.29, 0.717) is 19.6 Å². The molecule has 0 aliphatic heterocycles. The van der Waals surface area contributed by atoms with Crippen molar-refractivity contribution >= 4 is 29.4 Å². The van der Waals surface area contributed by atoms with E-state index in [4.69, 9.17) is 25.4 Å². The number of ketones is 2. The molecule has 2 aromatic carbocycles. The molecule has 2 rings (SSSR count). The van der Waals surface area contributed by atoms with Crippen LogP contribution in [0.2, 0.25) is 0 Å². The van der Waals surface area contributed by atoms with E-state index in [1.54, 1.807) is 48.5 Å². The fourth-order valence-electron chi connectivity index (χ4n) is 3.98. The van der Waals surface area contributed by atoms with Crippen LogP contribution in [0.4, 0.5) is 0 Å². The highest BCUT2D eigenvalue weighted by molar-refractivity contribution is 5.95. The zero-order valence-electron chi connectivity index (χ0n) is 24.5. The lowest BCUT2D eigenvalue weighted by Crippen LogP contribution is -2.46. The maximum Gasteiger partial charge on any atom is 0.308 e. The van der Waals surface area contributed by atoms with Gasteiger partial charge in [0.25, 0.3) is 0 Å². The highest BCUT2D eigenvalue weighted by atomic mass is 16.5. The van der Waals surface area contributed by atoms with Crippen LogP contribution in [0.3, 0.4) is 0 Å². The molecule has 0 aromatic heterocycles. The molecule has 0 bridgehead atoms. The SMILES string of the molecule is C#CCOCCOCCCC(=O)[C@@H](CC(=O)OCc1ccccc1)NC(=O)[C@@H](CC(C)=O)CC(=O)OCc1ccccc1. The summed E-state index contributed by atoms with van der Waals surface area (Å²) in [6.45, 7) is 2.37. The molecule has 0 spiro atoms. The van der Waals surface area contributed by atoms with Crippen molar-refractivity contribution in [3.63, 3.8) is 0 Å². The third kappa shape index (κ3) is 15.5. The van der Waals surface area contributed by atoms with Crippen molar-refractivity contribution in [2.45, 2.75) is 58.3 Å². The Hall–Kier alpha value is -4.33. The highest BCUT2D eigenvalue weighted by Crippen LogP contribution is 2.15. The van der Waals surface area contributed by atoms with Gasteiger partial charge in [0, 0.05) is 19.4 Å². The van der Waals surface area contributed by atoms with E-state index in [1.165, 1.54) is 6.92 Å². The van der Waals surface area contributed by atoms with E-state index in [2.05, 4.69) is 11.2 Å². The predicted octanol–water partition coefficient (Wildman–Crippen LogP) is 3.35. The molecule has 0 aliphatic rings. The summed E-state index contributed by atoms with van der Waals surface area (Å²) in [5, 5.41) is 2.58. The number of rotatable bonds is 21. The van der Waals surface area contributed by atoms with Crippen LogP contribution < -0.4 is 5.32 Å². The number of benzene rings is 2. The van der Waals surface area contributed by atoms with Crippen molar-refractivity contribution in [2.24, 2.45) is 5.92 Å². The molecule has 0 unspecified atom stereocenters. The van der Waals surface area contributed by atoms with Crippen LogP contribution in [0.1, 0.15) is 50.2 Å². The average molecular weight is 594 g/mol. The molecule has 1 N–H and O–H groups in total. The van der Waals surface area contributed by atoms with Crippen molar-refractivity contribution < 1.29 is 42.9 Å². The quantitative estimate of drug-likeness (QED) is 0.131. The normalized spacial score (nSPS) is 11.9. The van der Waals surface area contributed by atoms with Gasteiger partial charge >= 0.3 is 11.9 Å². The molecular formula is C33H39NO9. The molecular weight excluding hydrogens is 554 g/mol. The van der Waals surface area contributed by atoms with Crippen LogP contribution in [-0.4, -0.2) is 61.9 Å². The van der Waals surface area contributed by atoms with Crippen LogP contribution in [0.25, 0.3) is 0 Å². The number of hydrogen-bond acceptors (Lipinski definition) is 9.